The fraction of sp³-hybridized carbons (Fsp3) is 0.125. The lowest BCUT2D eigenvalue weighted by Gasteiger charge is -2.14. The second kappa shape index (κ2) is 5.28. The van der Waals surface area contributed by atoms with Gasteiger partial charge in [0.05, 0.1) is 30.5 Å². The Bertz CT molecular complexity index is 748. The highest BCUT2D eigenvalue weighted by atomic mass is 16.5. The van der Waals surface area contributed by atoms with Gasteiger partial charge in [-0.2, -0.15) is 0 Å². The minimum absolute atomic E-state index is 0.0190. The Morgan fingerprint density at radius 2 is 1.90 bits per heavy atom. The van der Waals surface area contributed by atoms with Crippen LogP contribution in [0.5, 0.6) is 5.75 Å². The van der Waals surface area contributed by atoms with E-state index in [-0.39, 0.29) is 29.4 Å². The summed E-state index contributed by atoms with van der Waals surface area (Å²) in [7, 11) is 1.58. The maximum absolute atomic E-state index is 12.3. The first kappa shape index (κ1) is 13.2. The van der Waals surface area contributed by atoms with E-state index in [1.807, 2.05) is 0 Å². The lowest BCUT2D eigenvalue weighted by Crippen LogP contribution is -2.27. The molecule has 0 atom stereocenters. The number of carbonyl (C=O) groups is 2. The summed E-state index contributed by atoms with van der Waals surface area (Å²) in [4.78, 5) is 32.6. The van der Waals surface area contributed by atoms with Crippen LogP contribution >= 0.6 is 0 Å². The topological polar surface area (TPSA) is 68.6 Å². The van der Waals surface area contributed by atoms with Gasteiger partial charge in [-0.05, 0) is 36.4 Å². The van der Waals surface area contributed by atoms with Crippen molar-refractivity contribution in [3.05, 3.63) is 53.9 Å². The number of carbonyl (C=O) groups excluding carboxylic acids is 2. The summed E-state index contributed by atoms with van der Waals surface area (Å²) in [5, 5.41) is 0. The third-order valence-corrected chi connectivity index (χ3v) is 3.24. The van der Waals surface area contributed by atoms with Crippen LogP contribution in [-0.2, 0) is 0 Å². The van der Waals surface area contributed by atoms with Gasteiger partial charge >= 0.3 is 0 Å². The molecular formula is C16H12N2O3. The largest absolute Gasteiger partial charge is 0.497 e. The van der Waals surface area contributed by atoms with Crippen LogP contribution in [0.15, 0.2) is 47.6 Å². The molecule has 0 aliphatic heterocycles. The molecule has 0 bridgehead atoms. The first-order valence-electron chi connectivity index (χ1n) is 6.43. The molecule has 1 heterocycles. The third-order valence-electron chi connectivity index (χ3n) is 3.24. The Morgan fingerprint density at radius 1 is 1.14 bits per heavy atom. The van der Waals surface area contributed by atoms with E-state index < -0.39 is 0 Å². The minimum atomic E-state index is -0.242. The highest BCUT2D eigenvalue weighted by Crippen LogP contribution is 2.22. The Morgan fingerprint density at radius 3 is 2.62 bits per heavy atom. The van der Waals surface area contributed by atoms with Crippen molar-refractivity contribution in [3.8, 4) is 5.75 Å². The second-order valence-electron chi connectivity index (χ2n) is 4.59. The first-order chi connectivity index (χ1) is 10.2. The molecule has 0 saturated heterocycles. The highest BCUT2D eigenvalue weighted by Gasteiger charge is 2.29. The zero-order chi connectivity index (χ0) is 14.8. The monoisotopic (exact) mass is 280 g/mol. The maximum atomic E-state index is 12.3. The number of hydrogen-bond acceptors (Lipinski definition) is 5. The molecule has 1 aliphatic rings. The Labute approximate surface area is 121 Å². The van der Waals surface area contributed by atoms with Crippen LogP contribution in [0, 0.1) is 0 Å². The quantitative estimate of drug-likeness (QED) is 0.848. The van der Waals surface area contributed by atoms with Crippen molar-refractivity contribution < 1.29 is 14.3 Å². The Hall–Kier alpha value is -2.82. The first-order valence-corrected chi connectivity index (χ1v) is 6.43. The van der Waals surface area contributed by atoms with Crippen LogP contribution in [0.2, 0.25) is 0 Å². The number of aliphatic imine (C=N–C) groups is 1. The van der Waals surface area contributed by atoms with E-state index in [1.165, 1.54) is 6.20 Å². The van der Waals surface area contributed by atoms with Crippen LogP contribution in [-0.4, -0.2) is 29.4 Å². The molecule has 3 rings (SSSR count). The summed E-state index contributed by atoms with van der Waals surface area (Å²) in [6.45, 7) is 0. The molecule has 0 radical (unpaired) electrons. The number of ketones is 2. The number of ether oxygens (including phenoxy) is 1. The number of benzene rings is 1. The molecule has 21 heavy (non-hydrogen) atoms. The third kappa shape index (κ3) is 2.45. The lowest BCUT2D eigenvalue weighted by molar-refractivity contribution is 0.0960. The van der Waals surface area contributed by atoms with Crippen molar-refractivity contribution in [2.24, 2.45) is 4.99 Å². The zero-order valence-corrected chi connectivity index (χ0v) is 11.4. The highest BCUT2D eigenvalue weighted by molar-refractivity contribution is 6.52. The molecule has 0 saturated carbocycles. The van der Waals surface area contributed by atoms with Gasteiger partial charge in [-0.1, -0.05) is 0 Å². The SMILES string of the molecule is COc1ccc(N=C2CC(=O)c3ncccc3C2=O)cc1. The number of pyridine rings is 1. The molecule has 1 aromatic carbocycles. The van der Waals surface area contributed by atoms with Gasteiger partial charge in [0, 0.05) is 6.20 Å². The predicted molar refractivity (Wildman–Crippen MR) is 77.6 cm³/mol. The standard InChI is InChI=1S/C16H12N2O3/c1-21-11-6-4-10(5-7-11)18-13-9-14(19)15-12(16(13)20)3-2-8-17-15/h2-8H,9H2,1H3. The number of nitrogens with zero attached hydrogens (tertiary/aromatic N) is 2. The zero-order valence-electron chi connectivity index (χ0n) is 11.4. The maximum Gasteiger partial charge on any atom is 0.209 e. The van der Waals surface area contributed by atoms with Gasteiger partial charge in [-0.15, -0.1) is 0 Å². The smallest absolute Gasteiger partial charge is 0.209 e. The van der Waals surface area contributed by atoms with Crippen molar-refractivity contribution in [1.82, 2.24) is 4.98 Å². The number of methoxy groups -OCH3 is 1. The average Bonchev–Trinajstić information content (AvgIpc) is 2.53. The van der Waals surface area contributed by atoms with Gasteiger partial charge in [0.2, 0.25) is 5.78 Å². The molecule has 1 aromatic heterocycles. The minimum Gasteiger partial charge on any atom is -0.497 e. The van der Waals surface area contributed by atoms with Gasteiger partial charge in [-0.25, -0.2) is 4.99 Å². The molecule has 104 valence electrons. The molecular weight excluding hydrogens is 268 g/mol. The van der Waals surface area contributed by atoms with Crippen LogP contribution in [0.3, 0.4) is 0 Å². The molecule has 0 amide bonds. The van der Waals surface area contributed by atoms with Crippen LogP contribution in [0.25, 0.3) is 0 Å². The van der Waals surface area contributed by atoms with Gasteiger partial charge in [0.25, 0.3) is 0 Å². The molecule has 0 N–H and O–H groups in total. The Balaban J connectivity index is 1.98. The fourth-order valence-electron chi connectivity index (χ4n) is 2.19. The van der Waals surface area contributed by atoms with Crippen molar-refractivity contribution in [1.29, 1.82) is 0 Å². The van der Waals surface area contributed by atoms with E-state index in [2.05, 4.69) is 9.98 Å². The fourth-order valence-corrected chi connectivity index (χ4v) is 2.19. The van der Waals surface area contributed by atoms with E-state index in [4.69, 9.17) is 4.74 Å². The van der Waals surface area contributed by atoms with Crippen LogP contribution in [0.4, 0.5) is 5.69 Å². The van der Waals surface area contributed by atoms with Crippen molar-refractivity contribution in [2.45, 2.75) is 6.42 Å². The number of Topliss-reactive ketones (excluding diaryl/α,β-unsaturated/α-hetero) is 2. The Kier molecular flexibility index (Phi) is 3.31. The normalized spacial score (nSPS) is 16.0. The van der Waals surface area contributed by atoms with E-state index >= 15 is 0 Å². The lowest BCUT2D eigenvalue weighted by atomic mass is 9.92. The molecule has 2 aromatic rings. The molecule has 0 unspecified atom stereocenters. The molecule has 0 fully saturated rings. The average molecular weight is 280 g/mol. The molecule has 1 aliphatic carbocycles. The van der Waals surface area contributed by atoms with Crippen LogP contribution < -0.4 is 4.74 Å². The summed E-state index contributed by atoms with van der Waals surface area (Å²) in [6.07, 6.45) is 1.49. The number of fused-ring (bicyclic) bond motifs is 1. The van der Waals surface area contributed by atoms with Crippen molar-refractivity contribution in [2.75, 3.05) is 7.11 Å². The number of hydrogen-bond donors (Lipinski definition) is 0. The number of rotatable bonds is 2. The summed E-state index contributed by atoms with van der Waals surface area (Å²) < 4.78 is 5.07. The van der Waals surface area contributed by atoms with Crippen LogP contribution in [0.1, 0.15) is 27.3 Å². The van der Waals surface area contributed by atoms with Gasteiger partial charge in [-0.3, -0.25) is 14.6 Å². The predicted octanol–water partition coefficient (Wildman–Crippen LogP) is 2.63. The van der Waals surface area contributed by atoms with E-state index in [0.717, 1.165) is 0 Å². The van der Waals surface area contributed by atoms with Crippen molar-refractivity contribution >= 4 is 23.0 Å². The molecule has 5 nitrogen and oxygen atoms in total. The summed E-state index contributed by atoms with van der Waals surface area (Å²) in [5.74, 6) is 0.283. The summed E-state index contributed by atoms with van der Waals surface area (Å²) >= 11 is 0. The molecule has 5 heteroatoms. The van der Waals surface area contributed by atoms with E-state index in [1.54, 1.807) is 43.5 Å². The van der Waals surface area contributed by atoms with Crippen molar-refractivity contribution in [3.63, 3.8) is 0 Å². The van der Waals surface area contributed by atoms with E-state index in [0.29, 0.717) is 17.0 Å². The van der Waals surface area contributed by atoms with Gasteiger partial charge in [0.15, 0.2) is 5.78 Å². The second-order valence-corrected chi connectivity index (χ2v) is 4.59. The summed E-state index contributed by atoms with van der Waals surface area (Å²) in [5.41, 5.74) is 1.40. The number of aromatic nitrogens is 1. The summed E-state index contributed by atoms with van der Waals surface area (Å²) in [6, 6.07) is 10.2. The molecule has 0 spiro atoms. The van der Waals surface area contributed by atoms with E-state index in [9.17, 15) is 9.59 Å². The van der Waals surface area contributed by atoms with Gasteiger partial charge < -0.3 is 4.74 Å². The van der Waals surface area contributed by atoms with Gasteiger partial charge in [0.1, 0.15) is 11.4 Å².